The van der Waals surface area contributed by atoms with Gasteiger partial charge in [-0.1, -0.05) is 24.3 Å². The number of amides is 3. The number of anilines is 1. The van der Waals surface area contributed by atoms with E-state index in [1.807, 2.05) is 18.2 Å². The summed E-state index contributed by atoms with van der Waals surface area (Å²) >= 11 is 0. The lowest BCUT2D eigenvalue weighted by atomic mass is 10.2. The third-order valence-corrected chi connectivity index (χ3v) is 4.01. The third kappa shape index (κ3) is 7.50. The quantitative estimate of drug-likeness (QED) is 0.598. The van der Waals surface area contributed by atoms with E-state index >= 15 is 0 Å². The summed E-state index contributed by atoms with van der Waals surface area (Å²) in [5, 5.41) is 8.09. The van der Waals surface area contributed by atoms with Crippen LogP contribution in [0.15, 0.2) is 54.6 Å². The van der Waals surface area contributed by atoms with E-state index in [0.29, 0.717) is 5.69 Å². The van der Waals surface area contributed by atoms with Crippen molar-refractivity contribution in [1.82, 2.24) is 10.6 Å². The maximum absolute atomic E-state index is 12.2. The highest BCUT2D eigenvalue weighted by molar-refractivity contribution is 5.95. The number of nitrogens with one attached hydrogen (secondary N) is 3. The molecule has 152 valence electrons. The monoisotopic (exact) mass is 395 g/mol. The molecule has 0 aliphatic carbocycles. The summed E-state index contributed by atoms with van der Waals surface area (Å²) in [4.78, 5) is 35.4. The molecular weight excluding hydrogens is 370 g/mol. The molecule has 7 nitrogen and oxygen atoms in total. The molecule has 0 aromatic heterocycles. The van der Waals surface area contributed by atoms with Crippen LogP contribution in [0.4, 0.5) is 5.69 Å². The van der Waals surface area contributed by atoms with Crippen molar-refractivity contribution in [3.05, 3.63) is 65.7 Å². The minimum Gasteiger partial charge on any atom is -0.497 e. The molecule has 7 heteroatoms. The smallest absolute Gasteiger partial charge is 0.244 e. The van der Waals surface area contributed by atoms with Gasteiger partial charge in [-0.2, -0.15) is 0 Å². The van der Waals surface area contributed by atoms with Crippen LogP contribution in [0.25, 0.3) is 6.08 Å². The van der Waals surface area contributed by atoms with Crippen molar-refractivity contribution >= 4 is 29.5 Å². The van der Waals surface area contributed by atoms with E-state index < -0.39 is 6.04 Å². The van der Waals surface area contributed by atoms with Gasteiger partial charge < -0.3 is 20.7 Å². The van der Waals surface area contributed by atoms with Crippen molar-refractivity contribution in [1.29, 1.82) is 0 Å². The van der Waals surface area contributed by atoms with E-state index in [9.17, 15) is 14.4 Å². The van der Waals surface area contributed by atoms with Gasteiger partial charge in [0.1, 0.15) is 11.8 Å². The van der Waals surface area contributed by atoms with E-state index in [4.69, 9.17) is 4.74 Å². The van der Waals surface area contributed by atoms with Crippen molar-refractivity contribution in [3.63, 3.8) is 0 Å². The average molecular weight is 395 g/mol. The maximum Gasteiger partial charge on any atom is 0.244 e. The maximum atomic E-state index is 12.2. The van der Waals surface area contributed by atoms with Crippen LogP contribution in [-0.2, 0) is 20.9 Å². The summed E-state index contributed by atoms with van der Waals surface area (Å²) in [6.45, 7) is 3.33. The number of carbonyl (C=O) groups is 3. The average Bonchev–Trinajstić information content (AvgIpc) is 2.70. The minimum absolute atomic E-state index is 0.162. The van der Waals surface area contributed by atoms with Gasteiger partial charge >= 0.3 is 0 Å². The topological polar surface area (TPSA) is 96.5 Å². The second-order valence-electron chi connectivity index (χ2n) is 6.44. The van der Waals surface area contributed by atoms with Gasteiger partial charge in [-0.3, -0.25) is 14.4 Å². The van der Waals surface area contributed by atoms with Crippen LogP contribution in [0, 0.1) is 0 Å². The molecular formula is C22H25N3O4. The highest BCUT2D eigenvalue weighted by Gasteiger charge is 2.14. The second-order valence-corrected chi connectivity index (χ2v) is 6.44. The number of benzene rings is 2. The van der Waals surface area contributed by atoms with Crippen LogP contribution in [0.5, 0.6) is 5.75 Å². The van der Waals surface area contributed by atoms with E-state index in [1.165, 1.54) is 13.0 Å². The van der Waals surface area contributed by atoms with Crippen LogP contribution in [0.1, 0.15) is 25.0 Å². The Morgan fingerprint density at radius 1 is 1.10 bits per heavy atom. The minimum atomic E-state index is -0.693. The summed E-state index contributed by atoms with van der Waals surface area (Å²) in [6.07, 6.45) is 3.04. The number of ether oxygens (including phenoxy) is 1. The molecule has 2 aromatic rings. The number of hydrogen-bond donors (Lipinski definition) is 3. The van der Waals surface area contributed by atoms with Crippen molar-refractivity contribution in [3.8, 4) is 5.75 Å². The fourth-order valence-electron chi connectivity index (χ4n) is 2.52. The standard InChI is InChI=1S/C22H25N3O4/c1-15(24-21(27)12-9-17-7-10-20(29-3)11-8-17)22(28)23-14-18-5-4-6-19(13-18)25-16(2)26/h4-13,15H,14H2,1-3H3,(H,23,28)(H,24,27)(H,25,26)/b12-9+. The first-order chi connectivity index (χ1) is 13.9. The molecule has 1 unspecified atom stereocenters. The van der Waals surface area contributed by atoms with Crippen LogP contribution >= 0.6 is 0 Å². The predicted molar refractivity (Wildman–Crippen MR) is 112 cm³/mol. The first-order valence-corrected chi connectivity index (χ1v) is 9.14. The van der Waals surface area contributed by atoms with Crippen molar-refractivity contribution in [2.75, 3.05) is 12.4 Å². The van der Waals surface area contributed by atoms with Crippen LogP contribution in [0.2, 0.25) is 0 Å². The Labute approximate surface area is 170 Å². The van der Waals surface area contributed by atoms with Crippen molar-refractivity contribution in [2.24, 2.45) is 0 Å². The molecule has 0 aliphatic rings. The summed E-state index contributed by atoms with van der Waals surface area (Å²) in [6, 6.07) is 13.7. The zero-order valence-electron chi connectivity index (χ0n) is 16.7. The van der Waals surface area contributed by atoms with Gasteiger partial charge in [0.15, 0.2) is 0 Å². The lowest BCUT2D eigenvalue weighted by Crippen LogP contribution is -2.44. The highest BCUT2D eigenvalue weighted by atomic mass is 16.5. The largest absolute Gasteiger partial charge is 0.497 e. The molecule has 0 fully saturated rings. The van der Waals surface area contributed by atoms with Crippen molar-refractivity contribution in [2.45, 2.75) is 26.4 Å². The fourth-order valence-corrected chi connectivity index (χ4v) is 2.52. The van der Waals surface area contributed by atoms with E-state index in [0.717, 1.165) is 16.9 Å². The SMILES string of the molecule is COc1ccc(/C=C/C(=O)NC(C)C(=O)NCc2cccc(NC(C)=O)c2)cc1. The number of methoxy groups -OCH3 is 1. The van der Waals surface area contributed by atoms with Gasteiger partial charge in [0.05, 0.1) is 7.11 Å². The number of rotatable bonds is 8. The Bertz CT molecular complexity index is 891. The Kier molecular flexibility index (Phi) is 7.97. The summed E-state index contributed by atoms with van der Waals surface area (Å²) in [5.74, 6) is -0.0954. The number of carbonyl (C=O) groups excluding carboxylic acids is 3. The zero-order valence-corrected chi connectivity index (χ0v) is 16.7. The van der Waals surface area contributed by atoms with Gasteiger partial charge in [0.25, 0.3) is 0 Å². The molecule has 29 heavy (non-hydrogen) atoms. The lowest BCUT2D eigenvalue weighted by molar-refractivity contribution is -0.126. The molecule has 0 saturated carbocycles. The molecule has 0 aliphatic heterocycles. The number of hydrogen-bond acceptors (Lipinski definition) is 4. The van der Waals surface area contributed by atoms with Crippen LogP contribution in [0.3, 0.4) is 0 Å². The van der Waals surface area contributed by atoms with Gasteiger partial charge in [0.2, 0.25) is 17.7 Å². The van der Waals surface area contributed by atoms with Gasteiger partial charge in [-0.05, 0) is 48.4 Å². The van der Waals surface area contributed by atoms with E-state index in [-0.39, 0.29) is 24.3 Å². The molecule has 0 radical (unpaired) electrons. The summed E-state index contributed by atoms with van der Waals surface area (Å²) in [7, 11) is 1.59. The van der Waals surface area contributed by atoms with Gasteiger partial charge in [-0.25, -0.2) is 0 Å². The lowest BCUT2D eigenvalue weighted by Gasteiger charge is -2.13. The molecule has 2 aromatic carbocycles. The molecule has 3 N–H and O–H groups in total. The first-order valence-electron chi connectivity index (χ1n) is 9.14. The van der Waals surface area contributed by atoms with Crippen molar-refractivity contribution < 1.29 is 19.1 Å². The molecule has 0 bridgehead atoms. The fraction of sp³-hybridized carbons (Fsp3) is 0.227. The normalized spacial score (nSPS) is 11.6. The predicted octanol–water partition coefficient (Wildman–Crippen LogP) is 2.49. The molecule has 1 atom stereocenters. The Morgan fingerprint density at radius 2 is 1.83 bits per heavy atom. The molecule has 2 rings (SSSR count). The highest BCUT2D eigenvalue weighted by Crippen LogP contribution is 2.12. The van der Waals surface area contributed by atoms with Crippen LogP contribution < -0.4 is 20.7 Å². The zero-order chi connectivity index (χ0) is 21.2. The first kappa shape index (κ1) is 21.7. The van der Waals surface area contributed by atoms with Crippen LogP contribution in [-0.4, -0.2) is 30.9 Å². The summed E-state index contributed by atoms with van der Waals surface area (Å²) in [5.41, 5.74) is 2.34. The third-order valence-electron chi connectivity index (χ3n) is 4.01. The molecule has 0 spiro atoms. The Balaban J connectivity index is 1.82. The second kappa shape index (κ2) is 10.7. The Morgan fingerprint density at radius 3 is 2.48 bits per heavy atom. The van der Waals surface area contributed by atoms with E-state index in [2.05, 4.69) is 16.0 Å². The van der Waals surface area contributed by atoms with E-state index in [1.54, 1.807) is 50.4 Å². The van der Waals surface area contributed by atoms with Gasteiger partial charge in [0, 0.05) is 25.2 Å². The Hall–Kier alpha value is -3.61. The molecule has 0 saturated heterocycles. The molecule has 0 heterocycles. The molecule has 3 amide bonds. The van der Waals surface area contributed by atoms with Gasteiger partial charge in [-0.15, -0.1) is 0 Å². The summed E-state index contributed by atoms with van der Waals surface area (Å²) < 4.78 is 5.09.